The molecule has 0 aliphatic carbocycles. The van der Waals surface area contributed by atoms with E-state index in [0.717, 1.165) is 17.7 Å². The molecule has 2 heterocycles. The number of carbonyl (C=O) groups excluding carboxylic acids is 1. The van der Waals surface area contributed by atoms with Crippen molar-refractivity contribution in [2.75, 3.05) is 13.1 Å². The number of carbonyl (C=O) groups is 1. The summed E-state index contributed by atoms with van der Waals surface area (Å²) >= 11 is 0. The lowest BCUT2D eigenvalue weighted by atomic mass is 9.86. The number of hydrogen-bond donors (Lipinski definition) is 0. The lowest BCUT2D eigenvalue weighted by Crippen LogP contribution is -2.48. The average Bonchev–Trinajstić information content (AvgIpc) is 3.15. The summed E-state index contributed by atoms with van der Waals surface area (Å²) in [5.74, 6) is 0.211. The number of benzene rings is 2. The predicted molar refractivity (Wildman–Crippen MR) is 109 cm³/mol. The maximum absolute atomic E-state index is 12.9. The van der Waals surface area contributed by atoms with E-state index in [1.165, 1.54) is 12.1 Å². The van der Waals surface area contributed by atoms with E-state index in [-0.39, 0.29) is 28.6 Å². The van der Waals surface area contributed by atoms with E-state index in [4.69, 9.17) is 4.52 Å². The Bertz CT molecular complexity index is 1090. The number of likely N-dealkylation sites (tertiary alicyclic amines) is 1. The number of nitrogens with zero attached hydrogens (tertiary/aromatic N) is 3. The minimum absolute atomic E-state index is 0.0126. The second-order valence-electron chi connectivity index (χ2n) is 8.77. The first kappa shape index (κ1) is 21.1. The van der Waals surface area contributed by atoms with Crippen molar-refractivity contribution in [3.8, 4) is 11.4 Å². The van der Waals surface area contributed by atoms with E-state index in [9.17, 15) is 18.0 Å². The first-order valence-electron chi connectivity index (χ1n) is 9.93. The molecule has 2 aromatic carbocycles. The quantitative estimate of drug-likeness (QED) is 0.568. The highest BCUT2D eigenvalue weighted by molar-refractivity contribution is 5.94. The first-order chi connectivity index (χ1) is 14.5. The molecule has 4 rings (SSSR count). The summed E-state index contributed by atoms with van der Waals surface area (Å²) in [6.07, 6.45) is -4.44. The minimum atomic E-state index is -4.44. The van der Waals surface area contributed by atoms with E-state index in [1.54, 1.807) is 4.90 Å². The molecule has 0 unspecified atom stereocenters. The highest BCUT2D eigenvalue weighted by atomic mass is 19.4. The van der Waals surface area contributed by atoms with Crippen molar-refractivity contribution < 1.29 is 22.5 Å². The van der Waals surface area contributed by atoms with Gasteiger partial charge in [0, 0.05) is 24.2 Å². The Morgan fingerprint density at radius 2 is 1.71 bits per heavy atom. The van der Waals surface area contributed by atoms with Gasteiger partial charge in [0.1, 0.15) is 0 Å². The lowest BCUT2D eigenvalue weighted by Gasteiger charge is -2.37. The van der Waals surface area contributed by atoms with Crippen molar-refractivity contribution in [3.63, 3.8) is 0 Å². The van der Waals surface area contributed by atoms with Crippen LogP contribution in [-0.2, 0) is 11.6 Å². The Balaban J connectivity index is 1.41. The van der Waals surface area contributed by atoms with Gasteiger partial charge in [-0.1, -0.05) is 50.2 Å². The molecule has 1 saturated heterocycles. The van der Waals surface area contributed by atoms with Crippen molar-refractivity contribution in [2.45, 2.75) is 38.3 Å². The molecule has 1 aromatic heterocycles. The molecule has 1 aliphatic rings. The highest BCUT2D eigenvalue weighted by Crippen LogP contribution is 2.33. The Morgan fingerprint density at radius 3 is 2.32 bits per heavy atom. The van der Waals surface area contributed by atoms with Gasteiger partial charge < -0.3 is 9.42 Å². The minimum Gasteiger partial charge on any atom is -0.339 e. The fraction of sp³-hybridized carbons (Fsp3) is 0.348. The van der Waals surface area contributed by atoms with Crippen LogP contribution in [0.25, 0.3) is 11.4 Å². The summed E-state index contributed by atoms with van der Waals surface area (Å²) in [6.45, 7) is 7.18. The van der Waals surface area contributed by atoms with E-state index < -0.39 is 11.7 Å². The zero-order valence-corrected chi connectivity index (χ0v) is 17.4. The van der Waals surface area contributed by atoms with Gasteiger partial charge in [-0.25, -0.2) is 0 Å². The maximum atomic E-state index is 12.9. The molecule has 3 aromatic rings. The summed E-state index contributed by atoms with van der Waals surface area (Å²) in [5, 5.41) is 3.82. The van der Waals surface area contributed by atoms with E-state index in [1.807, 2.05) is 24.3 Å². The largest absolute Gasteiger partial charge is 0.416 e. The molecule has 1 aliphatic heterocycles. The van der Waals surface area contributed by atoms with Crippen LogP contribution in [0.3, 0.4) is 0 Å². The summed E-state index contributed by atoms with van der Waals surface area (Å²) in [6, 6.07) is 12.4. The molecule has 31 heavy (non-hydrogen) atoms. The molecule has 1 amide bonds. The number of amides is 1. The zero-order chi connectivity index (χ0) is 22.4. The third-order valence-electron chi connectivity index (χ3n) is 5.41. The van der Waals surface area contributed by atoms with Crippen molar-refractivity contribution in [1.82, 2.24) is 15.0 Å². The van der Waals surface area contributed by atoms with Gasteiger partial charge in [-0.05, 0) is 35.2 Å². The highest BCUT2D eigenvalue weighted by Gasteiger charge is 2.36. The molecule has 0 bridgehead atoms. The van der Waals surface area contributed by atoms with Crippen LogP contribution in [0.1, 0.15) is 54.1 Å². The summed E-state index contributed by atoms with van der Waals surface area (Å²) in [5.41, 5.74) is 1.24. The van der Waals surface area contributed by atoms with Gasteiger partial charge in [-0.15, -0.1) is 0 Å². The third-order valence-corrected chi connectivity index (χ3v) is 5.41. The molecule has 0 saturated carbocycles. The first-order valence-corrected chi connectivity index (χ1v) is 9.93. The summed E-state index contributed by atoms with van der Waals surface area (Å²) in [7, 11) is 0. The molecule has 0 N–H and O–H groups in total. The molecule has 0 spiro atoms. The van der Waals surface area contributed by atoms with Gasteiger partial charge in [-0.3, -0.25) is 4.79 Å². The number of halogens is 3. The monoisotopic (exact) mass is 429 g/mol. The molecule has 0 radical (unpaired) electrons. The Morgan fingerprint density at radius 1 is 1.03 bits per heavy atom. The van der Waals surface area contributed by atoms with Crippen LogP contribution in [0.4, 0.5) is 13.2 Å². The van der Waals surface area contributed by atoms with Gasteiger partial charge in [0.15, 0.2) is 0 Å². The van der Waals surface area contributed by atoms with E-state index in [2.05, 4.69) is 30.9 Å². The smallest absolute Gasteiger partial charge is 0.339 e. The van der Waals surface area contributed by atoms with Crippen molar-refractivity contribution >= 4 is 5.91 Å². The van der Waals surface area contributed by atoms with E-state index >= 15 is 0 Å². The number of alkyl halides is 3. The number of hydrogen-bond acceptors (Lipinski definition) is 4. The Hall–Kier alpha value is -3.16. The van der Waals surface area contributed by atoms with Crippen LogP contribution in [0.5, 0.6) is 0 Å². The second kappa shape index (κ2) is 7.51. The van der Waals surface area contributed by atoms with Crippen LogP contribution >= 0.6 is 0 Å². The fourth-order valence-electron chi connectivity index (χ4n) is 3.45. The van der Waals surface area contributed by atoms with Crippen LogP contribution in [0.15, 0.2) is 53.1 Å². The standard InChI is InChI=1S/C23H22F3N3O2/c1-22(2,3)17-9-7-14(8-10-17)21(30)29-12-16(13-29)20-27-19(28-31-20)15-5-4-6-18(11-15)23(24,25)26/h4-11,16H,12-13H2,1-3H3. The van der Waals surface area contributed by atoms with Gasteiger partial charge in [0.05, 0.1) is 11.5 Å². The Kier molecular flexibility index (Phi) is 5.11. The van der Waals surface area contributed by atoms with Gasteiger partial charge >= 0.3 is 6.18 Å². The fourth-order valence-corrected chi connectivity index (χ4v) is 3.45. The van der Waals surface area contributed by atoms with Crippen LogP contribution in [0, 0.1) is 0 Å². The van der Waals surface area contributed by atoms with Crippen molar-refractivity contribution in [2.24, 2.45) is 0 Å². The summed E-state index contributed by atoms with van der Waals surface area (Å²) < 4.78 is 44.0. The Labute approximate surface area is 177 Å². The van der Waals surface area contributed by atoms with Gasteiger partial charge in [0.25, 0.3) is 5.91 Å². The SMILES string of the molecule is CC(C)(C)c1ccc(C(=O)N2CC(c3nc(-c4cccc(C(F)(F)F)c4)no3)C2)cc1. The lowest BCUT2D eigenvalue weighted by molar-refractivity contribution is -0.137. The predicted octanol–water partition coefficient (Wildman–Crippen LogP) is 5.29. The molecule has 8 heteroatoms. The molecule has 1 fully saturated rings. The number of aromatic nitrogens is 2. The topological polar surface area (TPSA) is 59.2 Å². The van der Waals surface area contributed by atoms with Crippen LogP contribution in [0.2, 0.25) is 0 Å². The molecule has 162 valence electrons. The van der Waals surface area contributed by atoms with Gasteiger partial charge in [-0.2, -0.15) is 18.2 Å². The second-order valence-corrected chi connectivity index (χ2v) is 8.77. The molecule has 0 atom stereocenters. The zero-order valence-electron chi connectivity index (χ0n) is 17.4. The molecular weight excluding hydrogens is 407 g/mol. The van der Waals surface area contributed by atoms with Crippen molar-refractivity contribution in [1.29, 1.82) is 0 Å². The van der Waals surface area contributed by atoms with Crippen LogP contribution in [-0.4, -0.2) is 34.0 Å². The number of rotatable bonds is 3. The maximum Gasteiger partial charge on any atom is 0.416 e. The average molecular weight is 429 g/mol. The van der Waals surface area contributed by atoms with Crippen LogP contribution < -0.4 is 0 Å². The normalized spacial score (nSPS) is 15.1. The summed E-state index contributed by atoms with van der Waals surface area (Å²) in [4.78, 5) is 18.6. The van der Waals surface area contributed by atoms with E-state index in [0.29, 0.717) is 24.5 Å². The molecular formula is C23H22F3N3O2. The third kappa shape index (κ3) is 4.33. The van der Waals surface area contributed by atoms with Crippen molar-refractivity contribution in [3.05, 3.63) is 71.1 Å². The molecule has 5 nitrogen and oxygen atoms in total. The van der Waals surface area contributed by atoms with Gasteiger partial charge in [0.2, 0.25) is 11.7 Å².